The first-order chi connectivity index (χ1) is 28.3. The van der Waals surface area contributed by atoms with Gasteiger partial charge in [0.15, 0.2) is 0 Å². The molecule has 3 amide bonds. The Balaban J connectivity index is 1.14. The van der Waals surface area contributed by atoms with Gasteiger partial charge in [-0.25, -0.2) is 14.8 Å². The van der Waals surface area contributed by atoms with E-state index < -0.39 is 34.9 Å². The molecule has 59 heavy (non-hydrogen) atoms. The number of likely N-dealkylation sites (tertiary alicyclic amines) is 2. The molecule has 0 saturated carbocycles. The molecule has 15 nitrogen and oxygen atoms in total. The van der Waals surface area contributed by atoms with Gasteiger partial charge in [-0.05, 0) is 58.6 Å². The number of alkyl carbamates (subject to hydrolysis) is 1. The van der Waals surface area contributed by atoms with Crippen molar-refractivity contribution in [3.05, 3.63) is 72.6 Å². The number of carbonyl (C=O) groups is 3. The Morgan fingerprint density at radius 1 is 0.864 bits per heavy atom. The van der Waals surface area contributed by atoms with Gasteiger partial charge in [0.1, 0.15) is 24.3 Å². The molecule has 2 saturated heterocycles. The summed E-state index contributed by atoms with van der Waals surface area (Å²) < 4.78 is 17.3. The SMILES string of the molecule is COC(=O)N[C@H](C(=O)N1C[C@@H](S(C)=O)C[C@H]1c1ncc(-c2ccc(-c3ccc(-c4cnc([C@@H]5C[C@H](CS)CN5C(=O)C(COOC=N)C(C)C)[nH]4)cc3)cc2)[nH]1)C(C)C. The summed E-state index contributed by atoms with van der Waals surface area (Å²) in [6.45, 7) is 8.57. The fraction of sp³-hybridized carbons (Fsp3) is 0.476. The van der Waals surface area contributed by atoms with Crippen LogP contribution in [0.15, 0.2) is 60.9 Å². The molecule has 4 N–H and O–H groups in total. The zero-order valence-corrected chi connectivity index (χ0v) is 35.9. The van der Waals surface area contributed by atoms with Gasteiger partial charge in [-0.3, -0.25) is 19.2 Å². The number of rotatable bonds is 16. The number of thiol groups is 1. The minimum Gasteiger partial charge on any atom is -0.453 e. The van der Waals surface area contributed by atoms with Crippen LogP contribution in [0.5, 0.6) is 0 Å². The number of methoxy groups -OCH3 is 1. The Hall–Kier alpha value is -5.00. The number of imidazole rings is 2. The van der Waals surface area contributed by atoms with E-state index in [2.05, 4.69) is 49.9 Å². The molecule has 7 atom stereocenters. The lowest BCUT2D eigenvalue weighted by atomic mass is 9.95. The average molecular weight is 847 g/mol. The lowest BCUT2D eigenvalue weighted by Gasteiger charge is -2.30. The Morgan fingerprint density at radius 2 is 1.39 bits per heavy atom. The molecule has 2 fully saturated rings. The second kappa shape index (κ2) is 19.4. The summed E-state index contributed by atoms with van der Waals surface area (Å²) in [5.41, 5.74) is 5.56. The van der Waals surface area contributed by atoms with Crippen molar-refractivity contribution in [2.75, 3.05) is 38.8 Å². The van der Waals surface area contributed by atoms with E-state index in [0.717, 1.165) is 45.9 Å². The highest BCUT2D eigenvalue weighted by atomic mass is 32.2. The van der Waals surface area contributed by atoms with E-state index in [0.29, 0.717) is 37.5 Å². The molecule has 2 aromatic carbocycles. The minimum atomic E-state index is -1.16. The van der Waals surface area contributed by atoms with Gasteiger partial charge in [-0.1, -0.05) is 76.2 Å². The third kappa shape index (κ3) is 9.90. The molecule has 0 aliphatic carbocycles. The van der Waals surface area contributed by atoms with E-state index in [1.54, 1.807) is 23.5 Å². The van der Waals surface area contributed by atoms with Crippen molar-refractivity contribution in [1.82, 2.24) is 35.1 Å². The predicted octanol–water partition coefficient (Wildman–Crippen LogP) is 6.18. The van der Waals surface area contributed by atoms with E-state index in [1.165, 1.54) is 7.11 Å². The molecule has 4 aromatic rings. The third-order valence-electron chi connectivity index (χ3n) is 11.4. The van der Waals surface area contributed by atoms with Gasteiger partial charge in [0, 0.05) is 30.1 Å². The third-order valence-corrected chi connectivity index (χ3v) is 13.2. The Bertz CT molecular complexity index is 2110. The molecule has 4 heterocycles. The molecule has 17 heteroatoms. The van der Waals surface area contributed by atoms with Crippen LogP contribution in [0.1, 0.15) is 64.3 Å². The fourth-order valence-corrected chi connectivity index (χ4v) is 8.96. The standard InChI is InChI=1S/C42H54N8O7S2/c1-24(2)32(21-56-57-23-43)40(51)49-19-26(22-58)15-35(49)38-44-17-33(46-38)29-11-7-27(8-12-29)28-9-13-30(14-10-28)34-18-45-39(47-34)36-16-31(59(6)54)20-50(36)41(52)37(25(3)4)48-42(53)55-5/h7-14,17-18,23-26,31-32,35-37,43,58H,15-16,19-22H2,1-6H3,(H,44,46)(H,45,47)(H,48,53)/t26-,31-,32?,35-,36-,37-,59?/m0/s1. The topological polar surface area (TPSA) is 196 Å². The van der Waals surface area contributed by atoms with Gasteiger partial charge in [-0.2, -0.15) is 17.5 Å². The summed E-state index contributed by atoms with van der Waals surface area (Å²) in [6.07, 6.45) is 6.44. The Labute approximate surface area is 352 Å². The molecule has 6 rings (SSSR count). The summed E-state index contributed by atoms with van der Waals surface area (Å²) in [6, 6.07) is 14.9. The highest BCUT2D eigenvalue weighted by Crippen LogP contribution is 2.38. The zero-order chi connectivity index (χ0) is 42.4. The largest absolute Gasteiger partial charge is 0.453 e. The van der Waals surface area contributed by atoms with Gasteiger partial charge in [0.25, 0.3) is 0 Å². The lowest BCUT2D eigenvalue weighted by Crippen LogP contribution is -2.51. The number of carbonyl (C=O) groups excluding carboxylic acids is 3. The minimum absolute atomic E-state index is 0.00551. The predicted molar refractivity (Wildman–Crippen MR) is 229 cm³/mol. The van der Waals surface area contributed by atoms with Crippen molar-refractivity contribution in [1.29, 1.82) is 5.41 Å². The van der Waals surface area contributed by atoms with Crippen molar-refractivity contribution >= 4 is 47.7 Å². The number of H-pyrrole nitrogens is 2. The van der Waals surface area contributed by atoms with Crippen molar-refractivity contribution in [3.63, 3.8) is 0 Å². The van der Waals surface area contributed by atoms with E-state index in [9.17, 15) is 18.6 Å². The first kappa shape index (κ1) is 43.6. The number of amides is 3. The number of benzene rings is 2. The van der Waals surface area contributed by atoms with Gasteiger partial charge >= 0.3 is 6.09 Å². The maximum Gasteiger partial charge on any atom is 0.407 e. The Morgan fingerprint density at radius 3 is 1.86 bits per heavy atom. The molecule has 0 bridgehead atoms. The molecular weight excluding hydrogens is 793 g/mol. The number of hydrogen-bond donors (Lipinski definition) is 5. The summed E-state index contributed by atoms with van der Waals surface area (Å²) in [5, 5.41) is 9.49. The summed E-state index contributed by atoms with van der Waals surface area (Å²) in [5.74, 6) is 1.27. The number of hydrogen-bond acceptors (Lipinski definition) is 11. The van der Waals surface area contributed by atoms with Crippen LogP contribution in [0.3, 0.4) is 0 Å². The van der Waals surface area contributed by atoms with Gasteiger partial charge < -0.3 is 34.7 Å². The first-order valence-electron chi connectivity index (χ1n) is 19.8. The van der Waals surface area contributed by atoms with E-state index in [4.69, 9.17) is 20.0 Å². The molecule has 0 radical (unpaired) electrons. The highest BCUT2D eigenvalue weighted by Gasteiger charge is 2.43. The van der Waals surface area contributed by atoms with E-state index in [-0.39, 0.29) is 47.5 Å². The summed E-state index contributed by atoms with van der Waals surface area (Å²) >= 11 is 4.55. The summed E-state index contributed by atoms with van der Waals surface area (Å²) in [4.78, 5) is 69.3. The number of aromatic amines is 2. The van der Waals surface area contributed by atoms with Gasteiger partial charge in [0.05, 0.1) is 54.1 Å². The van der Waals surface area contributed by atoms with Crippen LogP contribution in [-0.4, -0.2) is 108 Å². The number of nitrogens with one attached hydrogen (secondary N) is 4. The lowest BCUT2D eigenvalue weighted by molar-refractivity contribution is -0.229. The van der Waals surface area contributed by atoms with Crippen molar-refractivity contribution in [3.8, 4) is 33.6 Å². The van der Waals surface area contributed by atoms with Crippen molar-refractivity contribution < 1.29 is 33.1 Å². The molecule has 2 aliphatic rings. The Kier molecular flexibility index (Phi) is 14.3. The summed E-state index contributed by atoms with van der Waals surface area (Å²) in [7, 11) is 0.0984. The zero-order valence-electron chi connectivity index (χ0n) is 34.2. The molecule has 2 unspecified atom stereocenters. The van der Waals surface area contributed by atoms with Crippen molar-refractivity contribution in [2.24, 2.45) is 23.7 Å². The van der Waals surface area contributed by atoms with E-state index >= 15 is 0 Å². The highest BCUT2D eigenvalue weighted by molar-refractivity contribution is 7.84. The van der Waals surface area contributed by atoms with Crippen LogP contribution in [0.4, 0.5) is 4.79 Å². The fourth-order valence-electron chi connectivity index (χ4n) is 7.88. The number of nitrogens with zero attached hydrogens (tertiary/aromatic N) is 4. The second-order valence-electron chi connectivity index (χ2n) is 15.9. The van der Waals surface area contributed by atoms with Crippen LogP contribution < -0.4 is 5.32 Å². The van der Waals surface area contributed by atoms with E-state index in [1.807, 2.05) is 69.0 Å². The molecule has 316 valence electrons. The van der Waals surface area contributed by atoms with Crippen molar-refractivity contribution in [2.45, 2.75) is 63.9 Å². The molecule has 2 aromatic heterocycles. The normalized spacial score (nSPS) is 20.8. The smallest absolute Gasteiger partial charge is 0.407 e. The first-order valence-corrected chi connectivity index (χ1v) is 22.1. The van der Waals surface area contributed by atoms with Crippen LogP contribution in [-0.2, 0) is 34.9 Å². The number of aromatic nitrogens is 4. The maximum absolute atomic E-state index is 13.8. The monoisotopic (exact) mass is 846 g/mol. The quantitative estimate of drug-likeness (QED) is 0.0219. The van der Waals surface area contributed by atoms with Crippen LogP contribution in [0.2, 0.25) is 0 Å². The van der Waals surface area contributed by atoms with Crippen LogP contribution in [0.25, 0.3) is 33.6 Å². The average Bonchev–Trinajstić information content (AvgIpc) is 4.07. The van der Waals surface area contributed by atoms with Crippen LogP contribution >= 0.6 is 12.6 Å². The maximum atomic E-state index is 13.8. The molecule has 2 aliphatic heterocycles. The molecule has 0 spiro atoms. The molecular formula is C42H54N8O7S2. The van der Waals surface area contributed by atoms with Crippen LogP contribution in [0, 0.1) is 29.1 Å². The van der Waals surface area contributed by atoms with Gasteiger partial charge in [-0.15, -0.1) is 0 Å². The van der Waals surface area contributed by atoms with Gasteiger partial charge in [0.2, 0.25) is 18.2 Å². The second-order valence-corrected chi connectivity index (χ2v) is 17.9. The number of ether oxygens (including phenoxy) is 1.